The van der Waals surface area contributed by atoms with Crippen LogP contribution in [0.2, 0.25) is 5.02 Å². The molecule has 20 heavy (non-hydrogen) atoms. The van der Waals surface area contributed by atoms with Gasteiger partial charge in [0.05, 0.1) is 24.3 Å². The maximum absolute atomic E-state index is 11.9. The summed E-state index contributed by atoms with van der Waals surface area (Å²) in [7, 11) is 0. The van der Waals surface area contributed by atoms with Gasteiger partial charge in [0.2, 0.25) is 0 Å². The average Bonchev–Trinajstić information content (AvgIpc) is 2.41. The number of hydrogen-bond donors (Lipinski definition) is 2. The molecule has 0 aliphatic carbocycles. The lowest BCUT2D eigenvalue weighted by Crippen LogP contribution is -2.28. The van der Waals surface area contributed by atoms with Crippen LogP contribution in [-0.4, -0.2) is 31.7 Å². The Balaban J connectivity index is 2.59. The quantitative estimate of drug-likeness (QED) is 0.643. The molecule has 5 heteroatoms. The van der Waals surface area contributed by atoms with Crippen molar-refractivity contribution in [2.24, 2.45) is 5.73 Å². The van der Waals surface area contributed by atoms with Crippen LogP contribution < -0.4 is 11.1 Å². The third-order valence-corrected chi connectivity index (χ3v) is 2.71. The third-order valence-electron chi connectivity index (χ3n) is 2.40. The molecule has 0 bridgehead atoms. The van der Waals surface area contributed by atoms with Crippen LogP contribution in [-0.2, 0) is 4.74 Å². The first-order valence-corrected chi connectivity index (χ1v) is 6.80. The van der Waals surface area contributed by atoms with Crippen LogP contribution >= 0.6 is 11.6 Å². The fourth-order valence-electron chi connectivity index (χ4n) is 1.47. The number of hydrogen-bond acceptors (Lipinski definition) is 3. The van der Waals surface area contributed by atoms with Crippen molar-refractivity contribution in [3.05, 3.63) is 34.3 Å². The fourth-order valence-corrected chi connectivity index (χ4v) is 1.69. The van der Waals surface area contributed by atoms with E-state index < -0.39 is 0 Å². The highest BCUT2D eigenvalue weighted by Crippen LogP contribution is 2.16. The lowest BCUT2D eigenvalue weighted by molar-refractivity contribution is 0.0746. The molecule has 0 saturated carbocycles. The first kappa shape index (κ1) is 16.5. The molecule has 0 radical (unpaired) electrons. The van der Waals surface area contributed by atoms with Crippen LogP contribution in [0.15, 0.2) is 18.2 Å². The highest BCUT2D eigenvalue weighted by atomic mass is 35.5. The molecule has 0 aromatic heterocycles. The summed E-state index contributed by atoms with van der Waals surface area (Å²) in [6, 6.07) is 5.00. The monoisotopic (exact) mass is 294 g/mol. The number of carbonyl (C=O) groups is 1. The third kappa shape index (κ3) is 5.62. The first-order chi connectivity index (χ1) is 9.54. The van der Waals surface area contributed by atoms with Crippen LogP contribution in [0.1, 0.15) is 29.8 Å². The van der Waals surface area contributed by atoms with E-state index in [0.717, 1.165) is 0 Å². The molecule has 1 aromatic carbocycles. The molecule has 0 saturated heterocycles. The molecule has 0 aliphatic heterocycles. The molecular weight excluding hydrogens is 276 g/mol. The van der Waals surface area contributed by atoms with Gasteiger partial charge in [-0.15, -0.1) is 0 Å². The zero-order valence-corrected chi connectivity index (χ0v) is 12.5. The van der Waals surface area contributed by atoms with Crippen molar-refractivity contribution >= 4 is 17.5 Å². The largest absolute Gasteiger partial charge is 0.377 e. The number of ether oxygens (including phenoxy) is 1. The summed E-state index contributed by atoms with van der Waals surface area (Å²) < 4.78 is 5.34. The smallest absolute Gasteiger partial charge is 0.251 e. The number of nitrogens with two attached hydrogens (primary N) is 1. The highest BCUT2D eigenvalue weighted by Gasteiger charge is 2.07. The molecule has 108 valence electrons. The number of halogens is 1. The van der Waals surface area contributed by atoms with Gasteiger partial charge >= 0.3 is 0 Å². The summed E-state index contributed by atoms with van der Waals surface area (Å²) in [5.41, 5.74) is 6.46. The summed E-state index contributed by atoms with van der Waals surface area (Å²) >= 11 is 6.06. The van der Waals surface area contributed by atoms with Crippen molar-refractivity contribution in [2.75, 3.05) is 19.7 Å². The van der Waals surface area contributed by atoms with Gasteiger partial charge in [-0.1, -0.05) is 23.4 Å². The number of carbonyl (C=O) groups excluding carboxylic acids is 1. The van der Waals surface area contributed by atoms with Crippen LogP contribution in [0.5, 0.6) is 0 Å². The van der Waals surface area contributed by atoms with Crippen molar-refractivity contribution in [1.82, 2.24) is 5.32 Å². The van der Waals surface area contributed by atoms with E-state index >= 15 is 0 Å². The lowest BCUT2D eigenvalue weighted by Gasteiger charge is -2.09. The molecular formula is C15H19ClN2O2. The molecule has 4 nitrogen and oxygen atoms in total. The van der Waals surface area contributed by atoms with E-state index in [4.69, 9.17) is 22.1 Å². The maximum atomic E-state index is 11.9. The van der Waals surface area contributed by atoms with Gasteiger partial charge in [-0.25, -0.2) is 0 Å². The Labute approximate surface area is 124 Å². The summed E-state index contributed by atoms with van der Waals surface area (Å²) in [4.78, 5) is 11.9. The zero-order chi connectivity index (χ0) is 15.0. The van der Waals surface area contributed by atoms with E-state index in [0.29, 0.717) is 29.3 Å². The molecule has 0 unspecified atom stereocenters. The van der Waals surface area contributed by atoms with Crippen LogP contribution in [0.3, 0.4) is 0 Å². The van der Waals surface area contributed by atoms with Gasteiger partial charge in [-0.2, -0.15) is 0 Å². The Kier molecular flexibility index (Phi) is 7.10. The van der Waals surface area contributed by atoms with E-state index in [9.17, 15) is 4.79 Å². The molecule has 3 N–H and O–H groups in total. The molecule has 1 aromatic rings. The topological polar surface area (TPSA) is 64.3 Å². The average molecular weight is 295 g/mol. The summed E-state index contributed by atoms with van der Waals surface area (Å²) in [6.45, 7) is 5.11. The minimum Gasteiger partial charge on any atom is -0.377 e. The first-order valence-electron chi connectivity index (χ1n) is 6.43. The second kappa shape index (κ2) is 8.60. The summed E-state index contributed by atoms with van der Waals surface area (Å²) in [5, 5.41) is 3.21. The van der Waals surface area contributed by atoms with Crippen molar-refractivity contribution < 1.29 is 9.53 Å². The second-order valence-corrected chi connectivity index (χ2v) is 4.78. The van der Waals surface area contributed by atoms with Crippen LogP contribution in [0.25, 0.3) is 0 Å². The summed E-state index contributed by atoms with van der Waals surface area (Å²) in [6.07, 6.45) is 0.154. The second-order valence-electron chi connectivity index (χ2n) is 4.38. The van der Waals surface area contributed by atoms with E-state index in [1.807, 2.05) is 13.8 Å². The number of nitrogens with one attached hydrogen (secondary N) is 1. The van der Waals surface area contributed by atoms with Crippen molar-refractivity contribution in [3.8, 4) is 11.8 Å². The van der Waals surface area contributed by atoms with Gasteiger partial charge < -0.3 is 15.8 Å². The number of benzene rings is 1. The minimum absolute atomic E-state index is 0.154. The molecule has 1 amide bonds. The van der Waals surface area contributed by atoms with Gasteiger partial charge in [0.1, 0.15) is 0 Å². The lowest BCUT2D eigenvalue weighted by atomic mass is 10.1. The van der Waals surface area contributed by atoms with Gasteiger partial charge in [-0.3, -0.25) is 4.79 Å². The fraction of sp³-hybridized carbons (Fsp3) is 0.400. The van der Waals surface area contributed by atoms with Gasteiger partial charge in [0, 0.05) is 17.7 Å². The molecule has 0 aliphatic rings. The Bertz CT molecular complexity index is 518. The molecule has 0 heterocycles. The Hall–Kier alpha value is -1.54. The molecule has 0 fully saturated rings. The predicted molar refractivity (Wildman–Crippen MR) is 80.8 cm³/mol. The van der Waals surface area contributed by atoms with Crippen LogP contribution in [0.4, 0.5) is 0 Å². The van der Waals surface area contributed by atoms with Crippen molar-refractivity contribution in [1.29, 1.82) is 0 Å². The van der Waals surface area contributed by atoms with E-state index in [1.165, 1.54) is 0 Å². The van der Waals surface area contributed by atoms with E-state index in [2.05, 4.69) is 17.2 Å². The van der Waals surface area contributed by atoms with E-state index in [1.54, 1.807) is 18.2 Å². The Morgan fingerprint density at radius 2 is 2.25 bits per heavy atom. The highest BCUT2D eigenvalue weighted by molar-refractivity contribution is 6.32. The normalized spacial score (nSPS) is 10.1. The Morgan fingerprint density at radius 3 is 2.85 bits per heavy atom. The van der Waals surface area contributed by atoms with Gasteiger partial charge in [0.25, 0.3) is 5.91 Å². The predicted octanol–water partition coefficient (Wildman–Crippen LogP) is 1.81. The minimum atomic E-state index is -0.183. The maximum Gasteiger partial charge on any atom is 0.251 e. The van der Waals surface area contributed by atoms with Gasteiger partial charge in [-0.05, 0) is 32.0 Å². The molecule has 0 spiro atoms. The zero-order valence-electron chi connectivity index (χ0n) is 11.7. The van der Waals surface area contributed by atoms with Gasteiger partial charge in [0.15, 0.2) is 0 Å². The van der Waals surface area contributed by atoms with Crippen molar-refractivity contribution in [2.45, 2.75) is 20.0 Å². The van der Waals surface area contributed by atoms with Crippen molar-refractivity contribution in [3.63, 3.8) is 0 Å². The SMILES string of the molecule is CC(C)OCCNC(=O)c1ccc(C#CCN)c(Cl)c1. The molecule has 1 rings (SSSR count). The van der Waals surface area contributed by atoms with Crippen LogP contribution in [0, 0.1) is 11.8 Å². The Morgan fingerprint density at radius 1 is 1.50 bits per heavy atom. The number of amides is 1. The standard InChI is InChI=1S/C15H19ClN2O2/c1-11(2)20-9-8-18-15(19)13-6-5-12(4-3-7-17)14(16)10-13/h5-6,10-11H,7-9,17H2,1-2H3,(H,18,19). The molecule has 0 atom stereocenters. The van der Waals surface area contributed by atoms with E-state index in [-0.39, 0.29) is 18.6 Å². The number of rotatable bonds is 5. The summed E-state index contributed by atoms with van der Waals surface area (Å²) in [5.74, 6) is 5.38.